The van der Waals surface area contributed by atoms with Crippen molar-refractivity contribution in [2.75, 3.05) is 14.1 Å². The fraction of sp³-hybridized carbons (Fsp3) is 0.273. The number of aromatic amines is 1. The Balaban J connectivity index is 2.43. The molecule has 0 spiro atoms. The van der Waals surface area contributed by atoms with Crippen LogP contribution in [0.15, 0.2) is 18.2 Å². The lowest BCUT2D eigenvalue weighted by molar-refractivity contribution is 0.392. The van der Waals surface area contributed by atoms with E-state index < -0.39 is 0 Å². The van der Waals surface area contributed by atoms with E-state index in [0.717, 1.165) is 23.4 Å². The first kappa shape index (κ1) is 9.69. The number of nitrogens with zero attached hydrogens (tertiary/aromatic N) is 3. The van der Waals surface area contributed by atoms with Crippen LogP contribution >= 0.6 is 0 Å². The van der Waals surface area contributed by atoms with Crippen LogP contribution < -0.4 is 0 Å². The van der Waals surface area contributed by atoms with Crippen molar-refractivity contribution in [3.8, 4) is 6.07 Å². The number of rotatable bonds is 2. The highest BCUT2D eigenvalue weighted by molar-refractivity contribution is 5.76. The van der Waals surface area contributed by atoms with Gasteiger partial charge in [0.05, 0.1) is 29.2 Å². The third kappa shape index (κ3) is 1.97. The number of benzene rings is 1. The molecule has 2 rings (SSSR count). The van der Waals surface area contributed by atoms with Crippen molar-refractivity contribution in [3.05, 3.63) is 29.6 Å². The normalized spacial score (nSPS) is 10.8. The van der Waals surface area contributed by atoms with Crippen molar-refractivity contribution in [3.63, 3.8) is 0 Å². The number of aromatic nitrogens is 2. The molecular weight excluding hydrogens is 188 g/mol. The van der Waals surface area contributed by atoms with Gasteiger partial charge in [-0.1, -0.05) is 0 Å². The van der Waals surface area contributed by atoms with Gasteiger partial charge in [-0.05, 0) is 32.3 Å². The van der Waals surface area contributed by atoms with Gasteiger partial charge >= 0.3 is 0 Å². The van der Waals surface area contributed by atoms with Crippen molar-refractivity contribution in [1.82, 2.24) is 14.9 Å². The molecule has 4 heteroatoms. The van der Waals surface area contributed by atoms with E-state index in [4.69, 9.17) is 5.26 Å². The van der Waals surface area contributed by atoms with Gasteiger partial charge in [-0.25, -0.2) is 4.98 Å². The minimum atomic E-state index is 0.655. The van der Waals surface area contributed by atoms with Crippen LogP contribution in [0, 0.1) is 11.3 Å². The summed E-state index contributed by atoms with van der Waals surface area (Å²) in [6.45, 7) is 0.774. The monoisotopic (exact) mass is 200 g/mol. The Morgan fingerprint density at radius 1 is 1.47 bits per heavy atom. The standard InChI is InChI=1S/C11H12N4/c1-15(2)7-11-13-9-4-3-8(6-12)5-10(9)14-11/h3-5H,7H2,1-2H3,(H,13,14). The Kier molecular flexibility index (Phi) is 2.40. The third-order valence-electron chi connectivity index (χ3n) is 2.13. The lowest BCUT2D eigenvalue weighted by Gasteiger charge is -2.04. The minimum Gasteiger partial charge on any atom is -0.341 e. The zero-order valence-electron chi connectivity index (χ0n) is 8.78. The van der Waals surface area contributed by atoms with Crippen LogP contribution in [0.2, 0.25) is 0 Å². The largest absolute Gasteiger partial charge is 0.341 e. The molecule has 0 amide bonds. The van der Waals surface area contributed by atoms with Crippen LogP contribution in [0.1, 0.15) is 11.4 Å². The molecule has 0 aliphatic rings. The fourth-order valence-corrected chi connectivity index (χ4v) is 1.51. The summed E-state index contributed by atoms with van der Waals surface area (Å²) in [4.78, 5) is 9.66. The van der Waals surface area contributed by atoms with Crippen LogP contribution in [0.5, 0.6) is 0 Å². The number of fused-ring (bicyclic) bond motifs is 1. The maximum Gasteiger partial charge on any atom is 0.121 e. The molecule has 0 bridgehead atoms. The molecule has 0 saturated carbocycles. The number of hydrogen-bond donors (Lipinski definition) is 1. The van der Waals surface area contributed by atoms with E-state index >= 15 is 0 Å². The number of nitriles is 1. The van der Waals surface area contributed by atoms with E-state index in [9.17, 15) is 0 Å². The number of nitrogens with one attached hydrogen (secondary N) is 1. The SMILES string of the molecule is CN(C)Cc1nc2ccc(C#N)cc2[nH]1. The lowest BCUT2D eigenvalue weighted by Crippen LogP contribution is -2.11. The van der Waals surface area contributed by atoms with Crippen LogP contribution in [0.3, 0.4) is 0 Å². The van der Waals surface area contributed by atoms with E-state index in [1.807, 2.05) is 31.1 Å². The summed E-state index contributed by atoms with van der Waals surface area (Å²) in [5.74, 6) is 0.921. The zero-order valence-corrected chi connectivity index (χ0v) is 8.78. The predicted octanol–water partition coefficient (Wildman–Crippen LogP) is 1.50. The average Bonchev–Trinajstić information content (AvgIpc) is 2.57. The summed E-state index contributed by atoms with van der Waals surface area (Å²) in [5, 5.41) is 8.76. The Labute approximate surface area is 88.2 Å². The maximum atomic E-state index is 8.76. The van der Waals surface area contributed by atoms with Gasteiger partial charge in [-0.3, -0.25) is 0 Å². The summed E-state index contributed by atoms with van der Waals surface area (Å²) in [6.07, 6.45) is 0. The smallest absolute Gasteiger partial charge is 0.121 e. The van der Waals surface area contributed by atoms with Gasteiger partial charge in [0.15, 0.2) is 0 Å². The molecule has 0 fully saturated rings. The van der Waals surface area contributed by atoms with Crippen LogP contribution in [0.4, 0.5) is 0 Å². The molecule has 15 heavy (non-hydrogen) atoms. The zero-order chi connectivity index (χ0) is 10.8. The first-order valence-corrected chi connectivity index (χ1v) is 4.72. The third-order valence-corrected chi connectivity index (χ3v) is 2.13. The number of imidazole rings is 1. The molecule has 0 atom stereocenters. The molecule has 76 valence electrons. The average molecular weight is 200 g/mol. The molecule has 4 nitrogen and oxygen atoms in total. The van der Waals surface area contributed by atoms with Crippen molar-refractivity contribution in [2.45, 2.75) is 6.54 Å². The van der Waals surface area contributed by atoms with Gasteiger partial charge in [-0.2, -0.15) is 5.26 Å². The topological polar surface area (TPSA) is 55.7 Å². The summed E-state index contributed by atoms with van der Waals surface area (Å²) < 4.78 is 0. The van der Waals surface area contributed by atoms with Crippen molar-refractivity contribution < 1.29 is 0 Å². The van der Waals surface area contributed by atoms with E-state index in [1.54, 1.807) is 6.07 Å². The van der Waals surface area contributed by atoms with E-state index in [1.165, 1.54) is 0 Å². The second-order valence-corrected chi connectivity index (χ2v) is 3.77. The van der Waals surface area contributed by atoms with Crippen molar-refractivity contribution in [1.29, 1.82) is 5.26 Å². The summed E-state index contributed by atoms with van der Waals surface area (Å²) in [6, 6.07) is 7.58. The van der Waals surface area contributed by atoms with Gasteiger partial charge in [-0.15, -0.1) is 0 Å². The molecule has 0 aliphatic heterocycles. The quantitative estimate of drug-likeness (QED) is 0.799. The molecule has 0 radical (unpaired) electrons. The van der Waals surface area contributed by atoms with E-state index in [-0.39, 0.29) is 0 Å². The lowest BCUT2D eigenvalue weighted by atomic mass is 10.2. The molecule has 0 aliphatic carbocycles. The van der Waals surface area contributed by atoms with Crippen molar-refractivity contribution in [2.24, 2.45) is 0 Å². The maximum absolute atomic E-state index is 8.76. The van der Waals surface area contributed by atoms with Gasteiger partial charge in [0, 0.05) is 0 Å². The van der Waals surface area contributed by atoms with Gasteiger partial charge < -0.3 is 9.88 Å². The molecule has 0 unspecified atom stereocenters. The fourth-order valence-electron chi connectivity index (χ4n) is 1.51. The predicted molar refractivity (Wildman–Crippen MR) is 58.2 cm³/mol. The van der Waals surface area contributed by atoms with Gasteiger partial charge in [0.2, 0.25) is 0 Å². The second-order valence-electron chi connectivity index (χ2n) is 3.77. The molecule has 1 aromatic carbocycles. The van der Waals surface area contributed by atoms with Gasteiger partial charge in [0.25, 0.3) is 0 Å². The highest BCUT2D eigenvalue weighted by atomic mass is 15.1. The van der Waals surface area contributed by atoms with E-state index in [0.29, 0.717) is 5.56 Å². The molecular formula is C11H12N4. The number of H-pyrrole nitrogens is 1. The van der Waals surface area contributed by atoms with Crippen LogP contribution in [-0.2, 0) is 6.54 Å². The highest BCUT2D eigenvalue weighted by Gasteiger charge is 2.03. The number of hydrogen-bond acceptors (Lipinski definition) is 3. The van der Waals surface area contributed by atoms with E-state index in [2.05, 4.69) is 16.0 Å². The molecule has 1 heterocycles. The Morgan fingerprint density at radius 2 is 2.27 bits per heavy atom. The first-order chi connectivity index (χ1) is 7.19. The van der Waals surface area contributed by atoms with Crippen LogP contribution in [-0.4, -0.2) is 29.0 Å². The Morgan fingerprint density at radius 3 is 2.93 bits per heavy atom. The highest BCUT2D eigenvalue weighted by Crippen LogP contribution is 2.13. The summed E-state index contributed by atoms with van der Waals surface area (Å²) in [5.41, 5.74) is 2.49. The first-order valence-electron chi connectivity index (χ1n) is 4.72. The Bertz CT molecular complexity index is 519. The summed E-state index contributed by atoms with van der Waals surface area (Å²) >= 11 is 0. The molecule has 1 N–H and O–H groups in total. The van der Waals surface area contributed by atoms with Crippen LogP contribution in [0.25, 0.3) is 11.0 Å². The molecule has 2 aromatic rings. The van der Waals surface area contributed by atoms with Gasteiger partial charge in [0.1, 0.15) is 5.82 Å². The minimum absolute atomic E-state index is 0.655. The molecule has 0 saturated heterocycles. The molecule has 1 aromatic heterocycles. The summed E-state index contributed by atoms with van der Waals surface area (Å²) in [7, 11) is 3.99. The second kappa shape index (κ2) is 3.71. The Hall–Kier alpha value is -1.86. The van der Waals surface area contributed by atoms with Crippen molar-refractivity contribution >= 4 is 11.0 Å².